The smallest absolute Gasteiger partial charge is 0.192 e. The third-order valence-electron chi connectivity index (χ3n) is 4.85. The van der Waals surface area contributed by atoms with Gasteiger partial charge in [0.1, 0.15) is 0 Å². The highest BCUT2D eigenvalue weighted by atomic mass is 19.4. The molecule has 0 atom stereocenters. The van der Waals surface area contributed by atoms with Crippen LogP contribution < -0.4 is 0 Å². The van der Waals surface area contributed by atoms with Gasteiger partial charge in [0.2, 0.25) is 0 Å². The van der Waals surface area contributed by atoms with Crippen LogP contribution >= 0.6 is 0 Å². The first-order chi connectivity index (χ1) is 16.0. The summed E-state index contributed by atoms with van der Waals surface area (Å²) in [5.74, 6) is 0. The Bertz CT molecular complexity index is 1190. The summed E-state index contributed by atoms with van der Waals surface area (Å²) >= 11 is 0. The zero-order chi connectivity index (χ0) is 24.9. The number of rotatable bonds is 4. The highest BCUT2D eigenvalue weighted by Crippen LogP contribution is 2.31. The van der Waals surface area contributed by atoms with Gasteiger partial charge in [0.25, 0.3) is 0 Å². The van der Waals surface area contributed by atoms with Crippen molar-refractivity contribution in [2.45, 2.75) is 12.4 Å². The van der Waals surface area contributed by atoms with Crippen molar-refractivity contribution in [3.8, 4) is 12.1 Å². The minimum Gasteiger partial charge on any atom is -0.192 e. The summed E-state index contributed by atoms with van der Waals surface area (Å²) in [6.45, 7) is 0. The molecule has 34 heavy (non-hydrogen) atoms. The highest BCUT2D eigenvalue weighted by Gasteiger charge is 2.30. The summed E-state index contributed by atoms with van der Waals surface area (Å²) in [4.78, 5) is 0. The van der Waals surface area contributed by atoms with E-state index in [4.69, 9.17) is 0 Å². The second-order valence-electron chi connectivity index (χ2n) is 7.16. The van der Waals surface area contributed by atoms with Gasteiger partial charge >= 0.3 is 12.4 Å². The molecule has 3 rings (SSSR count). The summed E-state index contributed by atoms with van der Waals surface area (Å²) < 4.78 is 76.2. The molecule has 0 aliphatic rings. The maximum Gasteiger partial charge on any atom is 0.416 e. The number of nitriles is 2. The van der Waals surface area contributed by atoms with E-state index in [0.717, 1.165) is 24.3 Å². The van der Waals surface area contributed by atoms with Crippen molar-refractivity contribution < 1.29 is 26.3 Å². The average Bonchev–Trinajstić information content (AvgIpc) is 2.80. The second-order valence-corrected chi connectivity index (χ2v) is 7.16. The fourth-order valence-electron chi connectivity index (χ4n) is 3.06. The first-order valence-corrected chi connectivity index (χ1v) is 9.70. The molecule has 8 heteroatoms. The van der Waals surface area contributed by atoms with Gasteiger partial charge in [-0.15, -0.1) is 0 Å². The average molecular weight is 468 g/mol. The normalized spacial score (nSPS) is 12.7. The van der Waals surface area contributed by atoms with Gasteiger partial charge < -0.3 is 0 Å². The Hall–Kier alpha value is -4.30. The maximum absolute atomic E-state index is 12.7. The predicted octanol–water partition coefficient (Wildman–Crippen LogP) is 7.85. The van der Waals surface area contributed by atoms with Crippen LogP contribution in [0, 0.1) is 22.7 Å². The van der Waals surface area contributed by atoms with Gasteiger partial charge in [-0.3, -0.25) is 0 Å². The molecule has 3 aromatic carbocycles. The number of halogens is 6. The van der Waals surface area contributed by atoms with E-state index in [1.54, 1.807) is 24.3 Å². The van der Waals surface area contributed by atoms with Crippen LogP contribution in [0.3, 0.4) is 0 Å². The molecule has 0 N–H and O–H groups in total. The molecule has 170 valence electrons. The topological polar surface area (TPSA) is 47.6 Å². The van der Waals surface area contributed by atoms with Crippen LogP contribution in [0.15, 0.2) is 72.8 Å². The van der Waals surface area contributed by atoms with E-state index in [-0.39, 0.29) is 11.1 Å². The molecular formula is C26H14F6N2. The Morgan fingerprint density at radius 1 is 0.529 bits per heavy atom. The van der Waals surface area contributed by atoms with Crippen LogP contribution in [0.2, 0.25) is 0 Å². The SMILES string of the molecule is N#C/C(=C\c1ccc(C(F)(F)F)cc1)c1ccc(/C(C#N)=C/c2ccc(C(F)(F)F)cc2)cc1. The van der Waals surface area contributed by atoms with Crippen LogP contribution in [0.5, 0.6) is 0 Å². The van der Waals surface area contributed by atoms with Crippen LogP contribution in [0.1, 0.15) is 33.4 Å². The quantitative estimate of drug-likeness (QED) is 0.222. The molecule has 0 aliphatic carbocycles. The van der Waals surface area contributed by atoms with Gasteiger partial charge in [-0.25, -0.2) is 0 Å². The zero-order valence-electron chi connectivity index (χ0n) is 17.2. The van der Waals surface area contributed by atoms with E-state index < -0.39 is 23.5 Å². The molecule has 0 bridgehead atoms. The lowest BCUT2D eigenvalue weighted by Gasteiger charge is -2.07. The maximum atomic E-state index is 12.7. The molecular weight excluding hydrogens is 454 g/mol. The van der Waals surface area contributed by atoms with Crippen LogP contribution in [-0.4, -0.2) is 0 Å². The van der Waals surface area contributed by atoms with Gasteiger partial charge in [-0.1, -0.05) is 48.5 Å². The Kier molecular flexibility index (Phi) is 6.93. The second kappa shape index (κ2) is 9.68. The van der Waals surface area contributed by atoms with Crippen molar-refractivity contribution in [3.63, 3.8) is 0 Å². The first-order valence-electron chi connectivity index (χ1n) is 9.70. The first kappa shape index (κ1) is 24.3. The Morgan fingerprint density at radius 3 is 1.06 bits per heavy atom. The molecule has 0 saturated carbocycles. The third kappa shape index (κ3) is 5.93. The molecule has 0 fully saturated rings. The molecule has 0 heterocycles. The summed E-state index contributed by atoms with van der Waals surface area (Å²) in [5.41, 5.74) is 0.610. The largest absolute Gasteiger partial charge is 0.416 e. The molecule has 0 aliphatic heterocycles. The fourth-order valence-corrected chi connectivity index (χ4v) is 3.06. The minimum atomic E-state index is -4.46. The van der Waals surface area contributed by atoms with Crippen molar-refractivity contribution in [2.24, 2.45) is 0 Å². The van der Waals surface area contributed by atoms with Gasteiger partial charge in [-0.05, 0) is 58.7 Å². The number of nitrogens with zero attached hydrogens (tertiary/aromatic N) is 2. The summed E-state index contributed by atoms with van der Waals surface area (Å²) in [6.07, 6.45) is -6.03. The molecule has 0 spiro atoms. The van der Waals surface area contributed by atoms with Gasteiger partial charge in [-0.2, -0.15) is 36.9 Å². The molecule has 3 aromatic rings. The van der Waals surface area contributed by atoms with E-state index in [1.165, 1.54) is 36.4 Å². The molecule has 0 saturated heterocycles. The number of alkyl halides is 6. The van der Waals surface area contributed by atoms with Gasteiger partial charge in [0.05, 0.1) is 34.4 Å². The lowest BCUT2D eigenvalue weighted by Crippen LogP contribution is -2.04. The zero-order valence-corrected chi connectivity index (χ0v) is 17.2. The van der Waals surface area contributed by atoms with Crippen molar-refractivity contribution >= 4 is 23.3 Å². The third-order valence-corrected chi connectivity index (χ3v) is 4.85. The van der Waals surface area contributed by atoms with Crippen LogP contribution in [0.4, 0.5) is 26.3 Å². The Labute approximate surface area is 191 Å². The molecule has 0 radical (unpaired) electrons. The summed E-state index contributed by atoms with van der Waals surface area (Å²) in [7, 11) is 0. The van der Waals surface area contributed by atoms with Crippen molar-refractivity contribution in [1.29, 1.82) is 10.5 Å². The van der Waals surface area contributed by atoms with E-state index in [2.05, 4.69) is 0 Å². The van der Waals surface area contributed by atoms with Gasteiger partial charge in [0, 0.05) is 0 Å². The van der Waals surface area contributed by atoms with E-state index in [1.807, 2.05) is 12.1 Å². The van der Waals surface area contributed by atoms with Gasteiger partial charge in [0.15, 0.2) is 0 Å². The number of allylic oxidation sites excluding steroid dienone is 2. The van der Waals surface area contributed by atoms with Crippen molar-refractivity contribution in [3.05, 3.63) is 106 Å². The highest BCUT2D eigenvalue weighted by molar-refractivity contribution is 5.92. The monoisotopic (exact) mass is 468 g/mol. The molecule has 0 unspecified atom stereocenters. The van der Waals surface area contributed by atoms with Crippen molar-refractivity contribution in [2.75, 3.05) is 0 Å². The number of hydrogen-bond acceptors (Lipinski definition) is 2. The lowest BCUT2D eigenvalue weighted by atomic mass is 9.98. The lowest BCUT2D eigenvalue weighted by molar-refractivity contribution is -0.138. The van der Waals surface area contributed by atoms with Crippen LogP contribution in [-0.2, 0) is 12.4 Å². The van der Waals surface area contributed by atoms with E-state index in [0.29, 0.717) is 22.3 Å². The standard InChI is InChI=1S/C26H14F6N2/c27-25(28,29)23-9-1-17(2-10-23)13-21(15-33)19-5-7-20(8-6-19)22(16-34)14-18-3-11-24(12-4-18)26(30,31)32/h1-14H/b21-13+,22-14+. The summed E-state index contributed by atoms with van der Waals surface area (Å²) in [5, 5.41) is 19.0. The van der Waals surface area contributed by atoms with Crippen molar-refractivity contribution in [1.82, 2.24) is 0 Å². The molecule has 0 amide bonds. The fraction of sp³-hybridized carbons (Fsp3) is 0.0769. The van der Waals surface area contributed by atoms with Crippen LogP contribution in [0.25, 0.3) is 23.3 Å². The number of hydrogen-bond donors (Lipinski definition) is 0. The number of benzene rings is 3. The van der Waals surface area contributed by atoms with E-state index >= 15 is 0 Å². The summed E-state index contributed by atoms with van der Waals surface area (Å²) in [6, 6.07) is 19.0. The molecule has 2 nitrogen and oxygen atoms in total. The van der Waals surface area contributed by atoms with E-state index in [9.17, 15) is 36.9 Å². The molecule has 0 aromatic heterocycles. The Balaban J connectivity index is 1.84. The Morgan fingerprint density at radius 2 is 0.824 bits per heavy atom. The minimum absolute atomic E-state index is 0.205. The predicted molar refractivity (Wildman–Crippen MR) is 116 cm³/mol.